The Balaban J connectivity index is 1.75. The van der Waals surface area contributed by atoms with E-state index >= 15 is 0 Å². The number of benzene rings is 3. The van der Waals surface area contributed by atoms with Crippen LogP contribution in [0.25, 0.3) is 0 Å². The van der Waals surface area contributed by atoms with Crippen LogP contribution in [-0.4, -0.2) is 43.0 Å². The van der Waals surface area contributed by atoms with Crippen molar-refractivity contribution in [3.8, 4) is 11.5 Å². The number of hydrogen-bond acceptors (Lipinski definition) is 4. The van der Waals surface area contributed by atoms with Gasteiger partial charge < -0.3 is 19.7 Å². The number of nitrogens with zero attached hydrogens (tertiary/aromatic N) is 1. The molecule has 37 heavy (non-hydrogen) atoms. The molecule has 0 saturated heterocycles. The first-order valence-corrected chi connectivity index (χ1v) is 13.0. The second-order valence-corrected chi connectivity index (χ2v) is 9.21. The van der Waals surface area contributed by atoms with Gasteiger partial charge >= 0.3 is 0 Å². The van der Waals surface area contributed by atoms with Crippen molar-refractivity contribution < 1.29 is 19.1 Å². The topological polar surface area (TPSA) is 67.9 Å². The minimum absolute atomic E-state index is 0.106. The van der Waals surface area contributed by atoms with Gasteiger partial charge in [0.2, 0.25) is 11.8 Å². The summed E-state index contributed by atoms with van der Waals surface area (Å²) in [4.78, 5) is 28.6. The van der Waals surface area contributed by atoms with E-state index in [4.69, 9.17) is 21.1 Å². The molecule has 1 unspecified atom stereocenters. The van der Waals surface area contributed by atoms with Crippen LogP contribution < -0.4 is 14.8 Å². The summed E-state index contributed by atoms with van der Waals surface area (Å²) < 4.78 is 11.0. The second kappa shape index (κ2) is 14.9. The fourth-order valence-electron chi connectivity index (χ4n) is 3.98. The zero-order chi connectivity index (χ0) is 26.5. The molecule has 0 aliphatic carbocycles. The van der Waals surface area contributed by atoms with Gasteiger partial charge in [-0.15, -0.1) is 0 Å². The Morgan fingerprint density at radius 3 is 2.32 bits per heavy atom. The lowest BCUT2D eigenvalue weighted by atomic mass is 10.0. The molecule has 3 aromatic carbocycles. The Bertz CT molecular complexity index is 1120. The molecule has 0 fully saturated rings. The number of methoxy groups -OCH3 is 1. The molecule has 0 spiro atoms. The van der Waals surface area contributed by atoms with Gasteiger partial charge in [-0.3, -0.25) is 9.59 Å². The summed E-state index contributed by atoms with van der Waals surface area (Å²) in [5.74, 6) is 1.20. The number of nitrogens with one attached hydrogen (secondary N) is 1. The van der Waals surface area contributed by atoms with Gasteiger partial charge in [-0.25, -0.2) is 0 Å². The van der Waals surface area contributed by atoms with Gasteiger partial charge in [0.25, 0.3) is 0 Å². The van der Waals surface area contributed by atoms with Crippen LogP contribution in [0.1, 0.15) is 37.3 Å². The molecular formula is C30H35ClN2O4. The molecule has 0 aliphatic rings. The van der Waals surface area contributed by atoms with Gasteiger partial charge in [0, 0.05) is 31.0 Å². The Labute approximate surface area is 224 Å². The standard InChI is InChI=1S/C30H35ClN2O4/c1-3-18-32-30(35)28(21-23-9-5-4-6-10-23)33(22-24-11-7-12-25(31)20-24)29(34)13-8-19-37-27-16-14-26(36-2)15-17-27/h4-7,9-12,14-17,20,28H,3,8,13,18-19,21-22H2,1-2H3,(H,32,35). The SMILES string of the molecule is CCCNC(=O)C(Cc1ccccc1)N(Cc1cccc(Cl)c1)C(=O)CCCOc1ccc(OC)cc1. The summed E-state index contributed by atoms with van der Waals surface area (Å²) in [6, 6.07) is 23.8. The first-order chi connectivity index (χ1) is 18.0. The van der Waals surface area contributed by atoms with Crippen LogP contribution >= 0.6 is 11.6 Å². The summed E-state index contributed by atoms with van der Waals surface area (Å²) in [6.07, 6.45) is 2.01. The van der Waals surface area contributed by atoms with Gasteiger partial charge in [-0.2, -0.15) is 0 Å². The summed E-state index contributed by atoms with van der Waals surface area (Å²) in [6.45, 7) is 3.23. The minimum atomic E-state index is -0.650. The van der Waals surface area contributed by atoms with Crippen molar-refractivity contribution in [3.63, 3.8) is 0 Å². The quantitative estimate of drug-likeness (QED) is 0.277. The largest absolute Gasteiger partial charge is 0.497 e. The maximum absolute atomic E-state index is 13.6. The lowest BCUT2D eigenvalue weighted by molar-refractivity contribution is -0.141. The molecule has 2 amide bonds. The highest BCUT2D eigenvalue weighted by atomic mass is 35.5. The summed E-state index contributed by atoms with van der Waals surface area (Å²) in [5.41, 5.74) is 1.86. The summed E-state index contributed by atoms with van der Waals surface area (Å²) in [5, 5.41) is 3.58. The number of amides is 2. The molecule has 0 radical (unpaired) electrons. The molecule has 0 aliphatic heterocycles. The van der Waals surface area contributed by atoms with Crippen LogP contribution in [0.3, 0.4) is 0 Å². The lowest BCUT2D eigenvalue weighted by Gasteiger charge is -2.31. The number of rotatable bonds is 14. The number of ether oxygens (including phenoxy) is 2. The van der Waals surface area contributed by atoms with Crippen LogP contribution in [0.4, 0.5) is 0 Å². The number of hydrogen-bond donors (Lipinski definition) is 1. The molecule has 1 N–H and O–H groups in total. The van der Waals surface area contributed by atoms with Crippen LogP contribution in [0, 0.1) is 0 Å². The van der Waals surface area contributed by atoms with Gasteiger partial charge in [-0.1, -0.05) is 61.0 Å². The highest BCUT2D eigenvalue weighted by molar-refractivity contribution is 6.30. The maximum atomic E-state index is 13.6. The molecule has 0 saturated carbocycles. The van der Waals surface area contributed by atoms with E-state index in [1.807, 2.05) is 79.7 Å². The summed E-state index contributed by atoms with van der Waals surface area (Å²) >= 11 is 6.22. The Hall–Kier alpha value is -3.51. The highest BCUT2D eigenvalue weighted by Gasteiger charge is 2.30. The molecule has 3 rings (SSSR count). The number of carbonyl (C=O) groups is 2. The smallest absolute Gasteiger partial charge is 0.243 e. The van der Waals surface area contributed by atoms with Crippen LogP contribution in [0.2, 0.25) is 5.02 Å². The highest BCUT2D eigenvalue weighted by Crippen LogP contribution is 2.20. The Kier molecular flexibility index (Phi) is 11.3. The monoisotopic (exact) mass is 522 g/mol. The van der Waals surface area contributed by atoms with Crippen molar-refractivity contribution >= 4 is 23.4 Å². The Morgan fingerprint density at radius 1 is 0.946 bits per heavy atom. The molecule has 0 bridgehead atoms. The zero-order valence-electron chi connectivity index (χ0n) is 21.5. The molecular weight excluding hydrogens is 488 g/mol. The molecule has 7 heteroatoms. The predicted molar refractivity (Wildman–Crippen MR) is 147 cm³/mol. The van der Waals surface area contributed by atoms with E-state index in [1.54, 1.807) is 18.1 Å². The molecule has 196 valence electrons. The van der Waals surface area contributed by atoms with Gasteiger partial charge in [-0.05, 0) is 60.4 Å². The van der Waals surface area contributed by atoms with Crippen molar-refractivity contribution in [2.75, 3.05) is 20.3 Å². The molecule has 6 nitrogen and oxygen atoms in total. The molecule has 0 heterocycles. The van der Waals surface area contributed by atoms with Crippen LogP contribution in [-0.2, 0) is 22.6 Å². The Morgan fingerprint density at radius 2 is 1.65 bits per heavy atom. The van der Waals surface area contributed by atoms with E-state index in [9.17, 15) is 9.59 Å². The fourth-order valence-corrected chi connectivity index (χ4v) is 4.19. The molecule has 1 atom stereocenters. The average Bonchev–Trinajstić information content (AvgIpc) is 2.92. The summed E-state index contributed by atoms with van der Waals surface area (Å²) in [7, 11) is 1.62. The van der Waals surface area contributed by atoms with E-state index in [0.29, 0.717) is 36.8 Å². The van der Waals surface area contributed by atoms with Crippen LogP contribution in [0.15, 0.2) is 78.9 Å². The van der Waals surface area contributed by atoms with Gasteiger partial charge in [0.1, 0.15) is 17.5 Å². The van der Waals surface area contributed by atoms with Gasteiger partial charge in [0.05, 0.1) is 13.7 Å². The van der Waals surface area contributed by atoms with E-state index in [1.165, 1.54) is 0 Å². The van der Waals surface area contributed by atoms with E-state index in [-0.39, 0.29) is 24.8 Å². The fraction of sp³-hybridized carbons (Fsp3) is 0.333. The average molecular weight is 523 g/mol. The number of halogens is 1. The van der Waals surface area contributed by atoms with E-state index in [2.05, 4.69) is 5.32 Å². The van der Waals surface area contributed by atoms with E-state index < -0.39 is 6.04 Å². The van der Waals surface area contributed by atoms with Crippen molar-refractivity contribution in [3.05, 3.63) is 95.0 Å². The molecule has 3 aromatic rings. The van der Waals surface area contributed by atoms with E-state index in [0.717, 1.165) is 23.3 Å². The van der Waals surface area contributed by atoms with Crippen molar-refractivity contribution in [2.45, 2.75) is 45.2 Å². The second-order valence-electron chi connectivity index (χ2n) is 8.78. The lowest BCUT2D eigenvalue weighted by Crippen LogP contribution is -2.50. The first-order valence-electron chi connectivity index (χ1n) is 12.6. The first kappa shape index (κ1) is 28.1. The number of carbonyl (C=O) groups excluding carboxylic acids is 2. The third-order valence-electron chi connectivity index (χ3n) is 5.93. The normalized spacial score (nSPS) is 11.4. The van der Waals surface area contributed by atoms with Crippen molar-refractivity contribution in [1.82, 2.24) is 10.2 Å². The van der Waals surface area contributed by atoms with Crippen LogP contribution in [0.5, 0.6) is 11.5 Å². The maximum Gasteiger partial charge on any atom is 0.243 e. The van der Waals surface area contributed by atoms with Crippen molar-refractivity contribution in [2.24, 2.45) is 0 Å². The minimum Gasteiger partial charge on any atom is -0.497 e. The van der Waals surface area contributed by atoms with Crippen molar-refractivity contribution in [1.29, 1.82) is 0 Å². The predicted octanol–water partition coefficient (Wildman–Crippen LogP) is 5.67. The molecule has 0 aromatic heterocycles. The third kappa shape index (κ3) is 9.14. The van der Waals surface area contributed by atoms with Gasteiger partial charge in [0.15, 0.2) is 0 Å². The zero-order valence-corrected chi connectivity index (χ0v) is 22.2. The third-order valence-corrected chi connectivity index (χ3v) is 6.16.